The number of carbonyl (C=O) groups excluding carboxylic acids is 1. The van der Waals surface area contributed by atoms with Gasteiger partial charge < -0.3 is 19.5 Å². The zero-order valence-electron chi connectivity index (χ0n) is 10.7. The zero-order chi connectivity index (χ0) is 13.1. The lowest BCUT2D eigenvalue weighted by Crippen LogP contribution is -2.53. The molecule has 1 fully saturated rings. The molecule has 1 aliphatic rings. The van der Waals surface area contributed by atoms with Crippen LogP contribution in [0.5, 0.6) is 0 Å². The number of carboxylic acid groups (broad SMARTS) is 1. The lowest BCUT2D eigenvalue weighted by Gasteiger charge is -2.44. The highest BCUT2D eigenvalue weighted by Crippen LogP contribution is 2.32. The summed E-state index contributed by atoms with van der Waals surface area (Å²) in [4.78, 5) is 22.9. The van der Waals surface area contributed by atoms with Gasteiger partial charge in [0.15, 0.2) is 0 Å². The van der Waals surface area contributed by atoms with E-state index in [1.807, 2.05) is 20.8 Å². The Morgan fingerprint density at radius 1 is 1.53 bits per heavy atom. The Morgan fingerprint density at radius 2 is 2.18 bits per heavy atom. The number of likely N-dealkylation sites (tertiary alicyclic amines) is 1. The van der Waals surface area contributed by atoms with E-state index in [1.54, 1.807) is 0 Å². The Balaban J connectivity index is 2.70. The molecule has 17 heavy (non-hydrogen) atoms. The van der Waals surface area contributed by atoms with Crippen LogP contribution in [0.1, 0.15) is 33.6 Å². The Labute approximate surface area is 102 Å². The summed E-state index contributed by atoms with van der Waals surface area (Å²) in [7, 11) is 0. The molecule has 1 aliphatic heterocycles. The van der Waals surface area contributed by atoms with E-state index in [4.69, 9.17) is 9.84 Å². The summed E-state index contributed by atoms with van der Waals surface area (Å²) in [5.41, 5.74) is -0.123. The fourth-order valence-corrected chi connectivity index (χ4v) is 2.31. The van der Waals surface area contributed by atoms with Gasteiger partial charge in [-0.15, -0.1) is 0 Å². The molecule has 0 aromatic rings. The van der Waals surface area contributed by atoms with Crippen molar-refractivity contribution in [3.63, 3.8) is 0 Å². The SMILES string of the molecule is CC(C)(C)C1CC(OCC=O)CCN1C(=O)O. The van der Waals surface area contributed by atoms with E-state index in [0.29, 0.717) is 19.4 Å². The number of ether oxygens (including phenoxy) is 1. The molecule has 5 heteroatoms. The molecule has 2 atom stereocenters. The summed E-state index contributed by atoms with van der Waals surface area (Å²) in [5, 5.41) is 9.16. The highest BCUT2D eigenvalue weighted by Gasteiger charge is 2.38. The van der Waals surface area contributed by atoms with E-state index in [1.165, 1.54) is 4.90 Å². The van der Waals surface area contributed by atoms with Gasteiger partial charge in [0.25, 0.3) is 0 Å². The molecule has 5 nitrogen and oxygen atoms in total. The second-order valence-corrected chi connectivity index (χ2v) is 5.50. The molecule has 0 spiro atoms. The van der Waals surface area contributed by atoms with E-state index < -0.39 is 6.09 Å². The third-order valence-corrected chi connectivity index (χ3v) is 3.20. The quantitative estimate of drug-likeness (QED) is 0.767. The van der Waals surface area contributed by atoms with Gasteiger partial charge in [0.05, 0.1) is 6.10 Å². The molecule has 1 amide bonds. The summed E-state index contributed by atoms with van der Waals surface area (Å²) < 4.78 is 5.40. The van der Waals surface area contributed by atoms with Crippen LogP contribution >= 0.6 is 0 Å². The van der Waals surface area contributed by atoms with Crippen molar-refractivity contribution in [2.24, 2.45) is 5.41 Å². The maximum atomic E-state index is 11.2. The monoisotopic (exact) mass is 243 g/mol. The molecule has 0 bridgehead atoms. The number of piperidine rings is 1. The standard InChI is InChI=1S/C12H21NO4/c1-12(2,3)10-8-9(17-7-6-14)4-5-13(10)11(15)16/h6,9-10H,4-5,7-8H2,1-3H3,(H,15,16). The predicted octanol–water partition coefficient (Wildman–Crippen LogP) is 1.76. The summed E-state index contributed by atoms with van der Waals surface area (Å²) in [6, 6.07) is -0.0644. The van der Waals surface area contributed by atoms with Gasteiger partial charge in [0, 0.05) is 12.6 Å². The van der Waals surface area contributed by atoms with Crippen LogP contribution in [0.4, 0.5) is 4.79 Å². The normalized spacial score (nSPS) is 25.7. The maximum Gasteiger partial charge on any atom is 0.407 e. The van der Waals surface area contributed by atoms with Gasteiger partial charge in [-0.2, -0.15) is 0 Å². The van der Waals surface area contributed by atoms with Crippen LogP contribution in [0, 0.1) is 5.41 Å². The molecule has 1 saturated heterocycles. The highest BCUT2D eigenvalue weighted by molar-refractivity contribution is 5.65. The van der Waals surface area contributed by atoms with Crippen molar-refractivity contribution < 1.29 is 19.4 Å². The van der Waals surface area contributed by atoms with Crippen molar-refractivity contribution in [1.82, 2.24) is 4.90 Å². The second-order valence-electron chi connectivity index (χ2n) is 5.50. The van der Waals surface area contributed by atoms with E-state index in [0.717, 1.165) is 6.29 Å². The van der Waals surface area contributed by atoms with Crippen LogP contribution in [0.15, 0.2) is 0 Å². The van der Waals surface area contributed by atoms with Crippen LogP contribution in [0.3, 0.4) is 0 Å². The van der Waals surface area contributed by atoms with Gasteiger partial charge >= 0.3 is 6.09 Å². The predicted molar refractivity (Wildman–Crippen MR) is 63.0 cm³/mol. The first-order chi connectivity index (χ1) is 7.86. The van der Waals surface area contributed by atoms with Crippen molar-refractivity contribution >= 4 is 12.4 Å². The van der Waals surface area contributed by atoms with Crippen molar-refractivity contribution in [2.45, 2.75) is 45.8 Å². The number of nitrogens with zero attached hydrogens (tertiary/aromatic N) is 1. The minimum Gasteiger partial charge on any atom is -0.465 e. The Hall–Kier alpha value is -1.10. The van der Waals surface area contributed by atoms with Gasteiger partial charge in [0.2, 0.25) is 0 Å². The summed E-state index contributed by atoms with van der Waals surface area (Å²) in [6.45, 7) is 6.64. The van der Waals surface area contributed by atoms with Crippen LogP contribution < -0.4 is 0 Å². The van der Waals surface area contributed by atoms with Crippen LogP contribution in [-0.2, 0) is 9.53 Å². The summed E-state index contributed by atoms with van der Waals surface area (Å²) >= 11 is 0. The van der Waals surface area contributed by atoms with Gasteiger partial charge in [-0.05, 0) is 18.3 Å². The maximum absolute atomic E-state index is 11.2. The number of aldehydes is 1. The molecule has 1 heterocycles. The summed E-state index contributed by atoms with van der Waals surface area (Å²) in [5.74, 6) is 0. The molecule has 0 radical (unpaired) electrons. The third-order valence-electron chi connectivity index (χ3n) is 3.20. The Morgan fingerprint density at radius 3 is 2.65 bits per heavy atom. The first-order valence-electron chi connectivity index (χ1n) is 5.91. The first-order valence-corrected chi connectivity index (χ1v) is 5.91. The molecule has 1 N–H and O–H groups in total. The first kappa shape index (κ1) is 14.0. The van der Waals surface area contributed by atoms with E-state index >= 15 is 0 Å². The largest absolute Gasteiger partial charge is 0.465 e. The van der Waals surface area contributed by atoms with Crippen molar-refractivity contribution in [3.8, 4) is 0 Å². The molecule has 1 rings (SSSR count). The molecular formula is C12H21NO4. The number of carbonyl (C=O) groups is 2. The third kappa shape index (κ3) is 3.70. The average Bonchev–Trinajstić information content (AvgIpc) is 2.24. The molecule has 98 valence electrons. The molecule has 0 aromatic carbocycles. The molecule has 2 unspecified atom stereocenters. The van der Waals surface area contributed by atoms with Crippen LogP contribution in [-0.4, -0.2) is 47.7 Å². The molecular weight excluding hydrogens is 222 g/mol. The van der Waals surface area contributed by atoms with Gasteiger partial charge in [-0.1, -0.05) is 20.8 Å². The lowest BCUT2D eigenvalue weighted by molar-refractivity contribution is -0.115. The fraction of sp³-hybridized carbons (Fsp3) is 0.833. The van der Waals surface area contributed by atoms with Crippen molar-refractivity contribution in [1.29, 1.82) is 0 Å². The van der Waals surface area contributed by atoms with Crippen molar-refractivity contribution in [2.75, 3.05) is 13.2 Å². The minimum absolute atomic E-state index is 0.0139. The molecule has 0 saturated carbocycles. The van der Waals surface area contributed by atoms with Gasteiger partial charge in [-0.3, -0.25) is 0 Å². The molecule has 0 aromatic heterocycles. The number of hydrogen-bond donors (Lipinski definition) is 1. The number of amides is 1. The Bertz CT molecular complexity index is 285. The lowest BCUT2D eigenvalue weighted by atomic mass is 9.80. The topological polar surface area (TPSA) is 66.8 Å². The van der Waals surface area contributed by atoms with Gasteiger partial charge in [-0.25, -0.2) is 4.79 Å². The van der Waals surface area contributed by atoms with E-state index in [9.17, 15) is 9.59 Å². The van der Waals surface area contributed by atoms with Crippen molar-refractivity contribution in [3.05, 3.63) is 0 Å². The zero-order valence-corrected chi connectivity index (χ0v) is 10.7. The van der Waals surface area contributed by atoms with Gasteiger partial charge in [0.1, 0.15) is 12.9 Å². The van der Waals surface area contributed by atoms with Crippen LogP contribution in [0.25, 0.3) is 0 Å². The van der Waals surface area contributed by atoms with E-state index in [-0.39, 0.29) is 24.2 Å². The van der Waals surface area contributed by atoms with Crippen LogP contribution in [0.2, 0.25) is 0 Å². The number of hydrogen-bond acceptors (Lipinski definition) is 3. The fourth-order valence-electron chi connectivity index (χ4n) is 2.31. The molecule has 0 aliphatic carbocycles. The Kier molecular flexibility index (Phi) is 4.51. The second kappa shape index (κ2) is 5.49. The average molecular weight is 243 g/mol. The van der Waals surface area contributed by atoms with E-state index in [2.05, 4.69) is 0 Å². The number of rotatable bonds is 3. The summed E-state index contributed by atoms with van der Waals surface area (Å²) in [6.07, 6.45) is 1.16. The highest BCUT2D eigenvalue weighted by atomic mass is 16.5. The minimum atomic E-state index is -0.876. The smallest absolute Gasteiger partial charge is 0.407 e.